The van der Waals surface area contributed by atoms with Gasteiger partial charge in [-0.05, 0) is 109 Å². The lowest BCUT2D eigenvalue weighted by Gasteiger charge is -2.25. The van der Waals surface area contributed by atoms with Gasteiger partial charge in [-0.3, -0.25) is 13.8 Å². The van der Waals surface area contributed by atoms with E-state index in [0.717, 1.165) is 103 Å². The number of carbonyl (C=O) groups is 1. The second-order valence-corrected chi connectivity index (χ2v) is 24.9. The van der Waals surface area contributed by atoms with Crippen LogP contribution in [0.4, 0.5) is 0 Å². The molecular formula is C73H128N2O6P+. The maximum atomic E-state index is 13.0. The molecule has 0 saturated carbocycles. The molecule has 470 valence electrons. The Hall–Kier alpha value is -3.36. The van der Waals surface area contributed by atoms with Crippen LogP contribution in [-0.4, -0.2) is 73.4 Å². The highest BCUT2D eigenvalue weighted by Gasteiger charge is 2.27. The van der Waals surface area contributed by atoms with Gasteiger partial charge in [0.25, 0.3) is 0 Å². The van der Waals surface area contributed by atoms with Crippen LogP contribution in [0, 0.1) is 0 Å². The summed E-state index contributed by atoms with van der Waals surface area (Å²) in [6.45, 7) is 4.68. The summed E-state index contributed by atoms with van der Waals surface area (Å²) in [5.74, 6) is -0.199. The molecule has 0 bridgehead atoms. The number of carbonyl (C=O) groups excluding carboxylic acids is 1. The molecular weight excluding hydrogens is 1030 g/mol. The number of aliphatic hydroxyl groups excluding tert-OH is 1. The van der Waals surface area contributed by atoms with Gasteiger partial charge in [-0.1, -0.05) is 289 Å². The number of quaternary nitrogens is 1. The zero-order valence-corrected chi connectivity index (χ0v) is 54.6. The van der Waals surface area contributed by atoms with Crippen LogP contribution < -0.4 is 5.32 Å². The first-order valence-electron chi connectivity index (χ1n) is 33.6. The first-order chi connectivity index (χ1) is 40.0. The van der Waals surface area contributed by atoms with E-state index in [4.69, 9.17) is 9.05 Å². The molecule has 0 aliphatic rings. The monoisotopic (exact) mass is 1160 g/mol. The Labute approximate surface area is 506 Å². The smallest absolute Gasteiger partial charge is 0.387 e. The number of phosphoric acid groups is 1. The molecule has 9 heteroatoms. The van der Waals surface area contributed by atoms with Crippen molar-refractivity contribution in [2.24, 2.45) is 0 Å². The highest BCUT2D eigenvalue weighted by molar-refractivity contribution is 7.47. The average Bonchev–Trinajstić information content (AvgIpc) is 3.45. The van der Waals surface area contributed by atoms with E-state index in [1.807, 2.05) is 27.2 Å². The number of allylic oxidation sites excluding steroid dienone is 21. The number of unbranched alkanes of at least 4 members (excludes halogenated alkanes) is 27. The molecule has 0 spiro atoms. The summed E-state index contributed by atoms with van der Waals surface area (Å²) in [4.78, 5) is 23.4. The third kappa shape index (κ3) is 64.2. The number of aliphatic hydroxyl groups is 1. The van der Waals surface area contributed by atoms with Gasteiger partial charge in [-0.2, -0.15) is 0 Å². The molecule has 0 fully saturated rings. The summed E-state index contributed by atoms with van der Waals surface area (Å²) >= 11 is 0. The van der Waals surface area contributed by atoms with Crippen LogP contribution in [0.5, 0.6) is 0 Å². The average molecular weight is 1160 g/mol. The van der Waals surface area contributed by atoms with Crippen molar-refractivity contribution in [2.45, 2.75) is 283 Å². The summed E-state index contributed by atoms with van der Waals surface area (Å²) in [6, 6.07) is -0.883. The number of amides is 1. The highest BCUT2D eigenvalue weighted by atomic mass is 31.2. The van der Waals surface area contributed by atoms with E-state index in [0.29, 0.717) is 17.4 Å². The Bertz CT molecular complexity index is 1800. The van der Waals surface area contributed by atoms with Gasteiger partial charge in [0.2, 0.25) is 5.91 Å². The minimum absolute atomic E-state index is 0.0464. The van der Waals surface area contributed by atoms with Crippen molar-refractivity contribution in [3.8, 4) is 0 Å². The normalized spacial score (nSPS) is 14.6. The standard InChI is InChI=1S/C73H127N2O6P/c1-6-8-10-12-14-16-18-20-22-24-26-28-30-32-33-34-35-36-37-38-39-40-41-43-45-47-49-51-53-55-57-59-61-63-65-67-73(77)74-71(70-81-82(78,79)80-69-68-75(3,4)5)72(76)66-64-62-60-58-56-54-52-50-48-46-44-42-31-29-27-25-23-21-19-17-15-13-11-9-7-2/h8,10,14,16,20,22,26,28,32-33,35-36,38-39,41,43,48,50,56,58,64,66,71-72,76H,6-7,9,11-13,15,17-19,21,23-25,27,29-31,34,37,40,42,44-47,49,51-55,57,59-63,65,67-70H2,1-5H3,(H-,74,77,78,79)/p+1/b10-8-,16-14-,22-20-,28-26-,33-32-,36-35-,39-38-,43-41-,50-48+,58-56+,66-64+. The number of nitrogens with one attached hydrogen (secondary N) is 1. The summed E-state index contributed by atoms with van der Waals surface area (Å²) in [5.41, 5.74) is 0. The predicted octanol–water partition coefficient (Wildman–Crippen LogP) is 21.4. The Morgan fingerprint density at radius 2 is 0.744 bits per heavy atom. The Kier molecular flexibility index (Phi) is 59.6. The van der Waals surface area contributed by atoms with E-state index < -0.39 is 20.0 Å². The number of hydrogen-bond donors (Lipinski definition) is 3. The molecule has 3 unspecified atom stereocenters. The fraction of sp³-hybridized carbons (Fsp3) is 0.685. The van der Waals surface area contributed by atoms with Crippen LogP contribution in [0.15, 0.2) is 134 Å². The second kappa shape index (κ2) is 62.2. The molecule has 8 nitrogen and oxygen atoms in total. The molecule has 0 aliphatic carbocycles. The minimum atomic E-state index is -4.37. The third-order valence-electron chi connectivity index (χ3n) is 14.3. The summed E-state index contributed by atoms with van der Waals surface area (Å²) in [7, 11) is 1.53. The molecule has 0 aromatic carbocycles. The summed E-state index contributed by atoms with van der Waals surface area (Å²) < 4.78 is 23.8. The van der Waals surface area contributed by atoms with E-state index in [9.17, 15) is 19.4 Å². The van der Waals surface area contributed by atoms with Gasteiger partial charge in [-0.25, -0.2) is 4.57 Å². The first-order valence-corrected chi connectivity index (χ1v) is 35.1. The molecule has 3 atom stereocenters. The Morgan fingerprint density at radius 3 is 1.12 bits per heavy atom. The van der Waals surface area contributed by atoms with Crippen molar-refractivity contribution >= 4 is 13.7 Å². The summed E-state index contributed by atoms with van der Waals surface area (Å²) in [6.07, 6.45) is 94.4. The predicted molar refractivity (Wildman–Crippen MR) is 359 cm³/mol. The van der Waals surface area contributed by atoms with Crippen molar-refractivity contribution in [3.05, 3.63) is 134 Å². The molecule has 0 heterocycles. The second-order valence-electron chi connectivity index (χ2n) is 23.4. The van der Waals surface area contributed by atoms with Gasteiger partial charge in [-0.15, -0.1) is 0 Å². The van der Waals surface area contributed by atoms with Crippen LogP contribution in [0.1, 0.15) is 271 Å². The number of rotatable bonds is 60. The summed E-state index contributed by atoms with van der Waals surface area (Å²) in [5, 5.41) is 14.0. The zero-order valence-electron chi connectivity index (χ0n) is 53.7. The molecule has 0 rings (SSSR count). The van der Waals surface area contributed by atoms with Gasteiger partial charge < -0.3 is 19.8 Å². The van der Waals surface area contributed by atoms with Gasteiger partial charge in [0, 0.05) is 6.42 Å². The van der Waals surface area contributed by atoms with Crippen LogP contribution in [0.2, 0.25) is 0 Å². The Balaban J connectivity index is 4.22. The maximum Gasteiger partial charge on any atom is 0.472 e. The van der Waals surface area contributed by atoms with Gasteiger partial charge in [0.05, 0.1) is 39.9 Å². The molecule has 0 saturated heterocycles. The van der Waals surface area contributed by atoms with E-state index in [2.05, 4.69) is 141 Å². The van der Waals surface area contributed by atoms with Crippen molar-refractivity contribution in [1.29, 1.82) is 0 Å². The van der Waals surface area contributed by atoms with E-state index in [-0.39, 0.29) is 19.1 Å². The zero-order chi connectivity index (χ0) is 59.8. The number of likely N-dealkylation sites (N-methyl/N-ethyl adjacent to an activating group) is 1. The molecule has 0 aromatic rings. The number of phosphoric ester groups is 1. The minimum Gasteiger partial charge on any atom is -0.387 e. The molecule has 3 N–H and O–H groups in total. The van der Waals surface area contributed by atoms with E-state index >= 15 is 0 Å². The van der Waals surface area contributed by atoms with Crippen molar-refractivity contribution in [1.82, 2.24) is 5.32 Å². The lowest BCUT2D eigenvalue weighted by atomic mass is 10.0. The van der Waals surface area contributed by atoms with Crippen LogP contribution in [0.3, 0.4) is 0 Å². The van der Waals surface area contributed by atoms with Crippen LogP contribution in [-0.2, 0) is 18.4 Å². The topological polar surface area (TPSA) is 105 Å². The van der Waals surface area contributed by atoms with Crippen molar-refractivity contribution < 1.29 is 32.9 Å². The third-order valence-corrected chi connectivity index (χ3v) is 15.3. The van der Waals surface area contributed by atoms with Gasteiger partial charge in [0.15, 0.2) is 0 Å². The SMILES string of the molecule is CC/C=C\C/C=C\C/C=C\C/C=C\C/C=C\C/C=C\C/C=C\C/C=C\CCCCCCCCCCCCC(=O)NC(COP(=O)(O)OCC[N+](C)(C)C)C(O)/C=C/CC/C=C/CC/C=C/CCCCCCCCCCCCCCCCC. The fourth-order valence-electron chi connectivity index (χ4n) is 9.15. The first kappa shape index (κ1) is 78.6. The number of hydrogen-bond acceptors (Lipinski definition) is 5. The van der Waals surface area contributed by atoms with Crippen molar-refractivity contribution in [2.75, 3.05) is 40.9 Å². The molecule has 82 heavy (non-hydrogen) atoms. The van der Waals surface area contributed by atoms with E-state index in [1.165, 1.54) is 148 Å². The lowest BCUT2D eigenvalue weighted by Crippen LogP contribution is -2.45. The molecule has 1 amide bonds. The van der Waals surface area contributed by atoms with Crippen LogP contribution in [0.25, 0.3) is 0 Å². The van der Waals surface area contributed by atoms with Crippen molar-refractivity contribution in [3.63, 3.8) is 0 Å². The molecule has 0 aromatic heterocycles. The highest BCUT2D eigenvalue weighted by Crippen LogP contribution is 2.43. The largest absolute Gasteiger partial charge is 0.472 e. The van der Waals surface area contributed by atoms with Gasteiger partial charge in [0.1, 0.15) is 13.2 Å². The number of nitrogens with zero attached hydrogens (tertiary/aromatic N) is 1. The lowest BCUT2D eigenvalue weighted by molar-refractivity contribution is -0.870. The fourth-order valence-corrected chi connectivity index (χ4v) is 9.89. The van der Waals surface area contributed by atoms with Gasteiger partial charge >= 0.3 is 7.82 Å². The van der Waals surface area contributed by atoms with E-state index in [1.54, 1.807) is 6.08 Å². The Morgan fingerprint density at radius 1 is 0.427 bits per heavy atom. The molecule has 0 radical (unpaired) electrons. The molecule has 0 aliphatic heterocycles. The van der Waals surface area contributed by atoms with Crippen LogP contribution >= 0.6 is 7.82 Å². The maximum absolute atomic E-state index is 13.0. The quantitative estimate of drug-likeness (QED) is 0.0243.